The molecule has 0 bridgehead atoms. The number of hydrogen-bond donors (Lipinski definition) is 2. The smallest absolute Gasteiger partial charge is 0.410 e. The fourth-order valence-corrected chi connectivity index (χ4v) is 8.16. The molecule has 3 unspecified atom stereocenters. The van der Waals surface area contributed by atoms with Gasteiger partial charge in [0.2, 0.25) is 5.91 Å². The van der Waals surface area contributed by atoms with Gasteiger partial charge in [-0.15, -0.1) is 0 Å². The summed E-state index contributed by atoms with van der Waals surface area (Å²) in [4.78, 5) is 52.8. The summed E-state index contributed by atoms with van der Waals surface area (Å²) in [7, 11) is 0. The van der Waals surface area contributed by atoms with Crippen molar-refractivity contribution in [1.29, 1.82) is 0 Å². The molecule has 3 saturated heterocycles. The van der Waals surface area contributed by atoms with Gasteiger partial charge in [-0.3, -0.25) is 14.6 Å². The van der Waals surface area contributed by atoms with E-state index in [1.54, 1.807) is 4.90 Å². The van der Waals surface area contributed by atoms with E-state index in [4.69, 9.17) is 9.47 Å². The van der Waals surface area contributed by atoms with Crippen LogP contribution in [0.25, 0.3) is 11.3 Å². The number of likely N-dealkylation sites (tertiary alicyclic amines) is 2. The van der Waals surface area contributed by atoms with Crippen molar-refractivity contribution in [3.05, 3.63) is 102 Å². The lowest BCUT2D eigenvalue weighted by Gasteiger charge is -2.33. The zero-order valence-electron chi connectivity index (χ0n) is 33.2. The summed E-state index contributed by atoms with van der Waals surface area (Å²) in [6, 6.07) is 22.3. The first-order valence-electron chi connectivity index (χ1n) is 19.7. The number of carbonyl (C=O) groups excluding carboxylic acids is 3. The zero-order chi connectivity index (χ0) is 39.8. The van der Waals surface area contributed by atoms with Gasteiger partial charge in [-0.1, -0.05) is 36.4 Å². The molecule has 1 aromatic heterocycles. The van der Waals surface area contributed by atoms with Crippen LogP contribution in [0.15, 0.2) is 79.0 Å². The van der Waals surface area contributed by atoms with Gasteiger partial charge >= 0.3 is 12.2 Å². The lowest BCUT2D eigenvalue weighted by Crippen LogP contribution is -2.45. The molecule has 0 spiro atoms. The number of rotatable bonds is 7. The number of carbonyl (C=O) groups is 3. The highest BCUT2D eigenvalue weighted by atomic mass is 19.1. The summed E-state index contributed by atoms with van der Waals surface area (Å²) < 4.78 is 25.3. The van der Waals surface area contributed by atoms with Crippen LogP contribution < -0.4 is 10.2 Å². The van der Waals surface area contributed by atoms with E-state index in [2.05, 4.69) is 44.5 Å². The van der Waals surface area contributed by atoms with Crippen molar-refractivity contribution in [1.82, 2.24) is 19.8 Å². The van der Waals surface area contributed by atoms with Gasteiger partial charge < -0.3 is 24.7 Å². The largest absolute Gasteiger partial charge is 0.444 e. The van der Waals surface area contributed by atoms with Crippen molar-refractivity contribution in [2.45, 2.75) is 115 Å². The lowest BCUT2D eigenvalue weighted by molar-refractivity contribution is -0.120. The van der Waals surface area contributed by atoms with E-state index < -0.39 is 23.3 Å². The van der Waals surface area contributed by atoms with E-state index in [0.29, 0.717) is 25.2 Å². The van der Waals surface area contributed by atoms with E-state index in [0.717, 1.165) is 66.0 Å². The van der Waals surface area contributed by atoms with E-state index in [-0.39, 0.29) is 35.9 Å². The van der Waals surface area contributed by atoms with Crippen molar-refractivity contribution in [2.24, 2.45) is 0 Å². The van der Waals surface area contributed by atoms with Crippen LogP contribution in [0, 0.1) is 5.82 Å². The molecule has 3 aliphatic rings. The Morgan fingerprint density at radius 3 is 1.88 bits per heavy atom. The fraction of sp³-hybridized carbons (Fsp3) is 0.455. The first kappa shape index (κ1) is 38.9. The quantitative estimate of drug-likeness (QED) is 0.192. The summed E-state index contributed by atoms with van der Waals surface area (Å²) >= 11 is 0. The third kappa shape index (κ3) is 8.69. The molecule has 4 aromatic rings. The summed E-state index contributed by atoms with van der Waals surface area (Å²) in [5, 5.41) is 3.01. The second kappa shape index (κ2) is 15.6. The summed E-state index contributed by atoms with van der Waals surface area (Å²) in [5.74, 6) is 0.232. The molecular formula is C44H53FN6O5. The first-order valence-corrected chi connectivity index (χ1v) is 19.7. The van der Waals surface area contributed by atoms with Gasteiger partial charge in [0, 0.05) is 24.5 Å². The maximum Gasteiger partial charge on any atom is 0.410 e. The minimum atomic E-state index is -0.643. The van der Waals surface area contributed by atoms with Crippen LogP contribution in [0.4, 0.5) is 25.4 Å². The van der Waals surface area contributed by atoms with Gasteiger partial charge in [-0.2, -0.15) is 0 Å². The predicted octanol–water partition coefficient (Wildman–Crippen LogP) is 9.71. The number of anilines is 2. The van der Waals surface area contributed by atoms with Crippen molar-refractivity contribution in [3.8, 4) is 11.3 Å². The average molecular weight is 765 g/mol. The monoisotopic (exact) mass is 764 g/mol. The number of H-pyrrole nitrogens is 1. The van der Waals surface area contributed by atoms with Gasteiger partial charge in [0.1, 0.15) is 28.9 Å². The van der Waals surface area contributed by atoms with Crippen LogP contribution in [-0.2, 0) is 14.3 Å². The molecule has 4 atom stereocenters. The fourth-order valence-electron chi connectivity index (χ4n) is 8.16. The Morgan fingerprint density at radius 1 is 0.714 bits per heavy atom. The number of hydrogen-bond acceptors (Lipinski definition) is 7. The van der Waals surface area contributed by atoms with Gasteiger partial charge in [-0.25, -0.2) is 19.0 Å². The average Bonchev–Trinajstić information content (AvgIpc) is 3.97. The molecular weight excluding hydrogens is 712 g/mol. The number of amides is 3. The number of ether oxygens (including phenoxy) is 2. The van der Waals surface area contributed by atoms with E-state index in [9.17, 15) is 18.8 Å². The summed E-state index contributed by atoms with van der Waals surface area (Å²) in [5.41, 5.74) is 4.45. The van der Waals surface area contributed by atoms with E-state index in [1.807, 2.05) is 84.1 Å². The van der Waals surface area contributed by atoms with Gasteiger partial charge in [0.15, 0.2) is 0 Å². The van der Waals surface area contributed by atoms with Crippen molar-refractivity contribution in [3.63, 3.8) is 0 Å². The molecule has 3 aliphatic heterocycles. The Hall–Kier alpha value is -5.39. The number of aromatic amines is 1. The maximum absolute atomic E-state index is 14.1. The summed E-state index contributed by atoms with van der Waals surface area (Å²) in [6.07, 6.45) is 5.82. The van der Waals surface area contributed by atoms with Crippen molar-refractivity contribution < 1.29 is 28.2 Å². The van der Waals surface area contributed by atoms with Crippen LogP contribution >= 0.6 is 0 Å². The van der Waals surface area contributed by atoms with Crippen LogP contribution in [0.1, 0.15) is 115 Å². The Kier molecular flexibility index (Phi) is 10.8. The third-order valence-electron chi connectivity index (χ3n) is 10.7. The predicted molar refractivity (Wildman–Crippen MR) is 214 cm³/mol. The molecule has 11 nitrogen and oxygen atoms in total. The number of imidazole rings is 1. The van der Waals surface area contributed by atoms with Crippen LogP contribution in [0.5, 0.6) is 0 Å². The Labute approximate surface area is 328 Å². The molecule has 56 heavy (non-hydrogen) atoms. The standard InChI is InChI=1S/C44H53FN6O5/c1-43(2,3)55-41(53)49-25-7-9-37(49)39-46-27-34(48-39)28-11-13-29(14-12-28)35-23-24-36(51(35)33-21-17-31(45)18-22-33)30-15-19-32(20-16-30)47-40(52)38-10-8-26-50(38)42(54)56-44(4,5)6/h11-22,27,35-38H,7-10,23-26H2,1-6H3,(H,46,48)(H,47,52)/t35?,36?,37-,38?/m0/s1. The molecule has 7 rings (SSSR count). The van der Waals surface area contributed by atoms with Crippen LogP contribution in [0.3, 0.4) is 0 Å². The Balaban J connectivity index is 1.06. The lowest BCUT2D eigenvalue weighted by atomic mass is 10.0. The van der Waals surface area contributed by atoms with Crippen LogP contribution in [-0.4, -0.2) is 68.2 Å². The van der Waals surface area contributed by atoms with Crippen molar-refractivity contribution >= 4 is 29.5 Å². The Morgan fingerprint density at radius 2 is 1.27 bits per heavy atom. The minimum absolute atomic E-state index is 0.0156. The second-order valence-corrected chi connectivity index (χ2v) is 17.1. The molecule has 2 N–H and O–H groups in total. The number of benzene rings is 3. The third-order valence-corrected chi connectivity index (χ3v) is 10.7. The molecule has 296 valence electrons. The highest BCUT2D eigenvalue weighted by Gasteiger charge is 2.38. The minimum Gasteiger partial charge on any atom is -0.444 e. The summed E-state index contributed by atoms with van der Waals surface area (Å²) in [6.45, 7) is 12.2. The zero-order valence-corrected chi connectivity index (χ0v) is 33.2. The maximum atomic E-state index is 14.1. The molecule has 0 saturated carbocycles. The Bertz CT molecular complexity index is 2020. The van der Waals surface area contributed by atoms with Crippen LogP contribution in [0.2, 0.25) is 0 Å². The normalized spacial score (nSPS) is 21.4. The molecule has 0 radical (unpaired) electrons. The SMILES string of the molecule is CC(C)(C)OC(=O)N1CCCC1C(=O)Nc1ccc(C2CCC(c3ccc(-c4cnc([C@@H]5CCCN5C(=O)OC(C)(C)C)[nH]4)cc3)N2c2ccc(F)cc2)cc1. The van der Waals surface area contributed by atoms with Gasteiger partial charge in [0.05, 0.1) is 30.0 Å². The molecule has 4 heterocycles. The van der Waals surface area contributed by atoms with E-state index in [1.165, 1.54) is 17.0 Å². The number of aromatic nitrogens is 2. The highest BCUT2D eigenvalue weighted by Crippen LogP contribution is 2.47. The second-order valence-electron chi connectivity index (χ2n) is 17.1. The topological polar surface area (TPSA) is 120 Å². The number of halogens is 1. The first-order chi connectivity index (χ1) is 26.6. The number of nitrogens with one attached hydrogen (secondary N) is 2. The molecule has 0 aliphatic carbocycles. The molecule has 3 amide bonds. The molecule has 3 aromatic carbocycles. The molecule has 3 fully saturated rings. The van der Waals surface area contributed by atoms with E-state index >= 15 is 0 Å². The van der Waals surface area contributed by atoms with Gasteiger partial charge in [-0.05, 0) is 133 Å². The van der Waals surface area contributed by atoms with Gasteiger partial charge in [0.25, 0.3) is 0 Å². The number of nitrogens with zero attached hydrogens (tertiary/aromatic N) is 4. The molecule has 12 heteroatoms. The van der Waals surface area contributed by atoms with Crippen molar-refractivity contribution in [2.75, 3.05) is 23.3 Å². The highest BCUT2D eigenvalue weighted by molar-refractivity contribution is 5.97.